The van der Waals surface area contributed by atoms with Crippen LogP contribution < -0.4 is 14.9 Å². The topological polar surface area (TPSA) is 67.9 Å². The van der Waals surface area contributed by atoms with Gasteiger partial charge in [-0.25, -0.2) is 0 Å². The molecule has 1 N–H and O–H groups in total. The van der Waals surface area contributed by atoms with Crippen molar-refractivity contribution >= 4 is 62.1 Å². The number of amides is 2. The summed E-state index contributed by atoms with van der Waals surface area (Å²) in [7, 11) is 1.56. The Bertz CT molecular complexity index is 1270. The van der Waals surface area contributed by atoms with Gasteiger partial charge in [0.05, 0.1) is 16.5 Å². The van der Waals surface area contributed by atoms with Gasteiger partial charge in [0.15, 0.2) is 15.8 Å². The highest BCUT2D eigenvalue weighted by Crippen LogP contribution is 2.39. The Kier molecular flexibility index (Phi) is 7.66. The normalized spacial score (nSPS) is 14.4. The monoisotopic (exact) mass is 554 g/mol. The first-order chi connectivity index (χ1) is 16.5. The first-order valence-electron chi connectivity index (χ1n) is 10.1. The van der Waals surface area contributed by atoms with Gasteiger partial charge in [0.25, 0.3) is 11.8 Å². The Morgan fingerprint density at radius 3 is 2.47 bits per heavy atom. The zero-order valence-electron chi connectivity index (χ0n) is 18.0. The van der Waals surface area contributed by atoms with Crippen LogP contribution in [0.15, 0.2) is 82.2 Å². The van der Waals surface area contributed by atoms with Crippen molar-refractivity contribution in [3.63, 3.8) is 0 Å². The maximum atomic E-state index is 12.9. The van der Waals surface area contributed by atoms with Gasteiger partial charge in [-0.15, -0.1) is 0 Å². The van der Waals surface area contributed by atoms with Crippen LogP contribution in [0.3, 0.4) is 0 Å². The summed E-state index contributed by atoms with van der Waals surface area (Å²) < 4.78 is 12.4. The van der Waals surface area contributed by atoms with E-state index in [0.29, 0.717) is 38.6 Å². The molecule has 4 rings (SSSR count). The van der Waals surface area contributed by atoms with Gasteiger partial charge in [-0.3, -0.25) is 15.0 Å². The Balaban J connectivity index is 1.51. The van der Waals surface area contributed by atoms with Crippen LogP contribution in [0.5, 0.6) is 11.5 Å². The van der Waals surface area contributed by atoms with E-state index in [2.05, 4.69) is 21.4 Å². The number of nitrogens with one attached hydrogen (secondary N) is 1. The predicted octanol–water partition coefficient (Wildman–Crippen LogP) is 5.58. The minimum atomic E-state index is -0.414. The molecule has 0 aliphatic carbocycles. The molecule has 0 spiro atoms. The zero-order chi connectivity index (χ0) is 24.1. The van der Waals surface area contributed by atoms with E-state index in [9.17, 15) is 9.59 Å². The quantitative estimate of drug-likeness (QED) is 0.303. The van der Waals surface area contributed by atoms with Gasteiger partial charge >= 0.3 is 0 Å². The molecule has 1 aliphatic heterocycles. The van der Waals surface area contributed by atoms with E-state index in [1.807, 2.05) is 42.5 Å². The van der Waals surface area contributed by atoms with Crippen molar-refractivity contribution in [1.29, 1.82) is 0 Å². The van der Waals surface area contributed by atoms with Crippen molar-refractivity contribution in [2.45, 2.75) is 6.61 Å². The number of rotatable bonds is 7. The number of ether oxygens (including phenoxy) is 2. The molecule has 0 aromatic heterocycles. The van der Waals surface area contributed by atoms with Crippen molar-refractivity contribution in [1.82, 2.24) is 10.4 Å². The largest absolute Gasteiger partial charge is 0.493 e. The number of nitrogens with zero attached hydrogens (tertiary/aromatic N) is 1. The molecule has 0 saturated carbocycles. The van der Waals surface area contributed by atoms with Crippen LogP contribution >= 0.6 is 39.9 Å². The summed E-state index contributed by atoms with van der Waals surface area (Å²) in [6, 6.07) is 22.0. The Morgan fingerprint density at radius 1 is 1.12 bits per heavy atom. The van der Waals surface area contributed by atoms with Gasteiger partial charge in [-0.1, -0.05) is 60.3 Å². The average molecular weight is 555 g/mol. The molecular formula is C25H19BrN2O4S2. The number of halogens is 1. The van der Waals surface area contributed by atoms with E-state index in [-0.39, 0.29) is 4.32 Å². The molecule has 1 heterocycles. The van der Waals surface area contributed by atoms with Crippen LogP contribution in [0.25, 0.3) is 6.08 Å². The van der Waals surface area contributed by atoms with E-state index in [1.165, 1.54) is 0 Å². The fourth-order valence-electron chi connectivity index (χ4n) is 3.16. The Labute approximate surface area is 215 Å². The number of thioether (sulfide) groups is 1. The minimum absolute atomic E-state index is 0.245. The minimum Gasteiger partial charge on any atom is -0.493 e. The molecule has 3 aromatic carbocycles. The van der Waals surface area contributed by atoms with Crippen LogP contribution in [0, 0.1) is 0 Å². The fraction of sp³-hybridized carbons (Fsp3) is 0.0800. The van der Waals surface area contributed by atoms with Crippen molar-refractivity contribution in [3.05, 3.63) is 98.9 Å². The van der Waals surface area contributed by atoms with Crippen molar-refractivity contribution in [2.24, 2.45) is 0 Å². The second kappa shape index (κ2) is 10.9. The molecule has 3 aromatic rings. The SMILES string of the molecule is COc1cc(/C=C2/SC(=S)N(NC(=O)c3ccccc3)C2=O)cc(Br)c1OCc1ccccc1. The summed E-state index contributed by atoms with van der Waals surface area (Å²) in [6.45, 7) is 0.384. The first-order valence-corrected chi connectivity index (χ1v) is 12.2. The summed E-state index contributed by atoms with van der Waals surface area (Å²) in [4.78, 5) is 25.8. The molecule has 2 amide bonds. The summed E-state index contributed by atoms with van der Waals surface area (Å²) in [6.07, 6.45) is 1.70. The van der Waals surface area contributed by atoms with Gasteiger partial charge < -0.3 is 9.47 Å². The molecule has 0 unspecified atom stereocenters. The predicted molar refractivity (Wildman–Crippen MR) is 140 cm³/mol. The van der Waals surface area contributed by atoms with Gasteiger partial charge in [-0.05, 0) is 69.6 Å². The molecular weight excluding hydrogens is 536 g/mol. The lowest BCUT2D eigenvalue weighted by Gasteiger charge is -2.15. The van der Waals surface area contributed by atoms with Crippen molar-refractivity contribution < 1.29 is 19.1 Å². The van der Waals surface area contributed by atoms with Crippen molar-refractivity contribution in [2.75, 3.05) is 7.11 Å². The molecule has 0 bridgehead atoms. The first kappa shape index (κ1) is 24.0. The molecule has 0 atom stereocenters. The molecule has 1 fully saturated rings. The maximum absolute atomic E-state index is 12.9. The number of hydrogen-bond acceptors (Lipinski definition) is 6. The summed E-state index contributed by atoms with van der Waals surface area (Å²) >= 11 is 9.97. The Morgan fingerprint density at radius 2 is 1.79 bits per heavy atom. The summed E-state index contributed by atoms with van der Waals surface area (Å²) in [5.41, 5.74) is 4.75. The number of thiocarbonyl (C=S) groups is 1. The van der Waals surface area contributed by atoms with Gasteiger partial charge in [0, 0.05) is 5.56 Å². The molecule has 1 aliphatic rings. The fourth-order valence-corrected chi connectivity index (χ4v) is 4.92. The number of carbonyl (C=O) groups excluding carboxylic acids is 2. The highest BCUT2D eigenvalue weighted by atomic mass is 79.9. The van der Waals surface area contributed by atoms with E-state index in [1.54, 1.807) is 43.5 Å². The van der Waals surface area contributed by atoms with E-state index >= 15 is 0 Å². The van der Waals surface area contributed by atoms with E-state index in [4.69, 9.17) is 21.7 Å². The number of methoxy groups -OCH3 is 1. The van der Waals surface area contributed by atoms with Crippen LogP contribution in [0.2, 0.25) is 0 Å². The van der Waals surface area contributed by atoms with E-state index in [0.717, 1.165) is 22.3 Å². The highest BCUT2D eigenvalue weighted by Gasteiger charge is 2.34. The lowest BCUT2D eigenvalue weighted by Crippen LogP contribution is -2.44. The zero-order valence-corrected chi connectivity index (χ0v) is 21.2. The second-order valence-corrected chi connectivity index (χ2v) is 9.66. The lowest BCUT2D eigenvalue weighted by atomic mass is 10.1. The van der Waals surface area contributed by atoms with Gasteiger partial charge in [-0.2, -0.15) is 5.01 Å². The molecule has 34 heavy (non-hydrogen) atoms. The molecule has 1 saturated heterocycles. The summed E-state index contributed by atoms with van der Waals surface area (Å²) in [5.74, 6) is 0.261. The Hall–Kier alpha value is -3.14. The summed E-state index contributed by atoms with van der Waals surface area (Å²) in [5, 5.41) is 1.09. The van der Waals surface area contributed by atoms with Crippen LogP contribution in [-0.4, -0.2) is 28.3 Å². The van der Waals surface area contributed by atoms with Gasteiger partial charge in [0.2, 0.25) is 0 Å². The number of carbonyl (C=O) groups is 2. The average Bonchev–Trinajstić information content (AvgIpc) is 3.11. The van der Waals surface area contributed by atoms with Crippen LogP contribution in [-0.2, 0) is 11.4 Å². The molecule has 172 valence electrons. The third-order valence-corrected chi connectivity index (χ3v) is 6.71. The highest BCUT2D eigenvalue weighted by molar-refractivity contribution is 9.10. The van der Waals surface area contributed by atoms with Gasteiger partial charge in [0.1, 0.15) is 6.61 Å². The molecule has 0 radical (unpaired) electrons. The number of hydrazine groups is 1. The second-order valence-electron chi connectivity index (χ2n) is 7.13. The smallest absolute Gasteiger partial charge is 0.285 e. The van der Waals surface area contributed by atoms with Crippen molar-refractivity contribution in [3.8, 4) is 11.5 Å². The van der Waals surface area contributed by atoms with Crippen LogP contribution in [0.4, 0.5) is 0 Å². The molecule has 9 heteroatoms. The van der Waals surface area contributed by atoms with Crippen LogP contribution in [0.1, 0.15) is 21.5 Å². The van der Waals surface area contributed by atoms with E-state index < -0.39 is 11.8 Å². The maximum Gasteiger partial charge on any atom is 0.285 e. The number of hydrogen-bond donors (Lipinski definition) is 1. The molecule has 6 nitrogen and oxygen atoms in total. The third kappa shape index (κ3) is 5.49. The number of benzene rings is 3. The third-order valence-electron chi connectivity index (χ3n) is 4.82. The standard InChI is InChI=1S/C25H19BrN2O4S2/c1-31-20-13-17(12-19(26)22(20)32-15-16-8-4-2-5-9-16)14-21-24(30)28(25(33)34-21)27-23(29)18-10-6-3-7-11-18/h2-14H,15H2,1H3,(H,27,29)/b21-14+. The lowest BCUT2D eigenvalue weighted by molar-refractivity contribution is -0.123.